The van der Waals surface area contributed by atoms with Crippen molar-refractivity contribution >= 4 is 18.0 Å². The van der Waals surface area contributed by atoms with Crippen molar-refractivity contribution in [2.75, 3.05) is 26.8 Å². The Morgan fingerprint density at radius 1 is 1.33 bits per heavy atom. The number of aliphatic hydroxyl groups excluding tert-OH is 1. The van der Waals surface area contributed by atoms with Crippen molar-refractivity contribution in [2.45, 2.75) is 57.2 Å². The van der Waals surface area contributed by atoms with Crippen LogP contribution in [0.25, 0.3) is 0 Å². The zero-order valence-electron chi connectivity index (χ0n) is 14.7. The van der Waals surface area contributed by atoms with Crippen molar-refractivity contribution in [1.82, 2.24) is 9.80 Å². The Kier molecular flexibility index (Phi) is 5.08. The number of hydrogen-bond acceptors (Lipinski definition) is 6. The lowest BCUT2D eigenvalue weighted by Crippen LogP contribution is -2.68. The molecule has 1 aliphatic carbocycles. The number of rotatable bonds is 4. The molecule has 8 nitrogen and oxygen atoms in total. The monoisotopic (exact) mass is 342 g/mol. The number of piperazine rings is 1. The summed E-state index contributed by atoms with van der Waals surface area (Å²) in [6, 6.07) is -0.881. The van der Waals surface area contributed by atoms with Crippen LogP contribution in [0.3, 0.4) is 0 Å². The van der Waals surface area contributed by atoms with Gasteiger partial charge in [-0.05, 0) is 40.0 Å². The third-order valence-electron chi connectivity index (χ3n) is 4.32. The molecular formula is C16H26N2O6. The third kappa shape index (κ3) is 3.48. The molecule has 0 radical (unpaired) electrons. The molecular weight excluding hydrogens is 316 g/mol. The number of aliphatic hydroxyl groups is 1. The maximum atomic E-state index is 12.5. The van der Waals surface area contributed by atoms with Gasteiger partial charge in [0, 0.05) is 13.2 Å². The van der Waals surface area contributed by atoms with E-state index in [1.807, 2.05) is 0 Å². The van der Waals surface area contributed by atoms with Crippen LogP contribution in [0.15, 0.2) is 0 Å². The largest absolute Gasteiger partial charge is 0.467 e. The maximum Gasteiger partial charge on any atom is 0.411 e. The molecule has 1 saturated carbocycles. The predicted octanol–water partition coefficient (Wildman–Crippen LogP) is 0.522. The van der Waals surface area contributed by atoms with E-state index in [2.05, 4.69) is 0 Å². The molecule has 1 unspecified atom stereocenters. The van der Waals surface area contributed by atoms with Gasteiger partial charge in [-0.2, -0.15) is 0 Å². The molecule has 2 rings (SSSR count). The first-order chi connectivity index (χ1) is 11.2. The van der Waals surface area contributed by atoms with Crippen molar-refractivity contribution in [1.29, 1.82) is 0 Å². The maximum absolute atomic E-state index is 12.5. The van der Waals surface area contributed by atoms with Gasteiger partial charge in [0.2, 0.25) is 5.91 Å². The minimum atomic E-state index is -0.881. The number of amides is 2. The third-order valence-corrected chi connectivity index (χ3v) is 4.32. The zero-order valence-corrected chi connectivity index (χ0v) is 14.7. The van der Waals surface area contributed by atoms with Gasteiger partial charge >= 0.3 is 12.1 Å². The quantitative estimate of drug-likeness (QED) is 0.748. The average Bonchev–Trinajstić information content (AvgIpc) is 3.25. The molecule has 2 amide bonds. The summed E-state index contributed by atoms with van der Waals surface area (Å²) >= 11 is 0. The topological polar surface area (TPSA) is 96.4 Å². The van der Waals surface area contributed by atoms with E-state index >= 15 is 0 Å². The molecule has 1 atom stereocenters. The Balaban J connectivity index is 2.30. The highest BCUT2D eigenvalue weighted by molar-refractivity contribution is 5.92. The summed E-state index contributed by atoms with van der Waals surface area (Å²) < 4.78 is 10.2. The standard InChI is InChI=1S/C16H26N2O6/c1-15(2,3)24-14(22)17-10-11(20)18(8-5-9-19)16(6-7-16)12(17)13(21)23-4/h12,19H,5-10H2,1-4H3. The van der Waals surface area contributed by atoms with Gasteiger partial charge in [-0.15, -0.1) is 0 Å². The van der Waals surface area contributed by atoms with Crippen LogP contribution in [-0.4, -0.2) is 76.9 Å². The predicted molar refractivity (Wildman–Crippen MR) is 84.1 cm³/mol. The molecule has 2 fully saturated rings. The van der Waals surface area contributed by atoms with E-state index in [4.69, 9.17) is 14.6 Å². The van der Waals surface area contributed by atoms with Crippen LogP contribution in [0.4, 0.5) is 4.79 Å². The first-order valence-electron chi connectivity index (χ1n) is 8.15. The van der Waals surface area contributed by atoms with Gasteiger partial charge in [0.25, 0.3) is 0 Å². The molecule has 1 heterocycles. The highest BCUT2D eigenvalue weighted by atomic mass is 16.6. The van der Waals surface area contributed by atoms with Crippen LogP contribution in [0.2, 0.25) is 0 Å². The van der Waals surface area contributed by atoms with Gasteiger partial charge in [-0.3, -0.25) is 9.69 Å². The van der Waals surface area contributed by atoms with Crippen LogP contribution < -0.4 is 0 Å². The Bertz CT molecular complexity index is 523. The number of carbonyl (C=O) groups is 3. The molecule has 1 saturated heterocycles. The van der Waals surface area contributed by atoms with E-state index in [0.29, 0.717) is 25.8 Å². The van der Waals surface area contributed by atoms with E-state index in [0.717, 1.165) is 0 Å². The Morgan fingerprint density at radius 2 is 1.96 bits per heavy atom. The summed E-state index contributed by atoms with van der Waals surface area (Å²) in [5, 5.41) is 9.05. The summed E-state index contributed by atoms with van der Waals surface area (Å²) in [4.78, 5) is 40.2. The van der Waals surface area contributed by atoms with Crippen LogP contribution in [0.1, 0.15) is 40.0 Å². The van der Waals surface area contributed by atoms with E-state index < -0.39 is 29.2 Å². The fourth-order valence-corrected chi connectivity index (χ4v) is 3.20. The van der Waals surface area contributed by atoms with Crippen LogP contribution in [-0.2, 0) is 19.1 Å². The molecule has 136 valence electrons. The van der Waals surface area contributed by atoms with Crippen molar-refractivity contribution in [3.05, 3.63) is 0 Å². The lowest BCUT2D eigenvalue weighted by Gasteiger charge is -2.46. The van der Waals surface area contributed by atoms with E-state index in [1.165, 1.54) is 12.0 Å². The molecule has 1 N–H and O–H groups in total. The molecule has 1 spiro atoms. The Morgan fingerprint density at radius 3 is 2.42 bits per heavy atom. The number of carbonyl (C=O) groups excluding carboxylic acids is 3. The Hall–Kier alpha value is -1.83. The molecule has 0 aromatic carbocycles. The Labute approximate surface area is 141 Å². The molecule has 24 heavy (non-hydrogen) atoms. The fraction of sp³-hybridized carbons (Fsp3) is 0.812. The van der Waals surface area contributed by atoms with E-state index in [-0.39, 0.29) is 19.1 Å². The van der Waals surface area contributed by atoms with Crippen LogP contribution in [0, 0.1) is 0 Å². The second-order valence-electron chi connectivity index (χ2n) is 7.26. The smallest absolute Gasteiger partial charge is 0.411 e. The van der Waals surface area contributed by atoms with Gasteiger partial charge in [-0.25, -0.2) is 9.59 Å². The normalized spacial score (nSPS) is 22.5. The molecule has 0 aromatic rings. The van der Waals surface area contributed by atoms with E-state index in [1.54, 1.807) is 25.7 Å². The molecule has 0 aromatic heterocycles. The first-order valence-corrected chi connectivity index (χ1v) is 8.15. The highest BCUT2D eigenvalue weighted by Crippen LogP contribution is 2.49. The number of methoxy groups -OCH3 is 1. The summed E-state index contributed by atoms with van der Waals surface area (Å²) in [5.74, 6) is -0.799. The van der Waals surface area contributed by atoms with Gasteiger partial charge in [0.05, 0.1) is 12.6 Å². The zero-order chi connectivity index (χ0) is 18.1. The number of nitrogens with zero attached hydrogens (tertiary/aromatic N) is 2. The number of hydrogen-bond donors (Lipinski definition) is 1. The van der Waals surface area contributed by atoms with Crippen molar-refractivity contribution in [3.63, 3.8) is 0 Å². The second kappa shape index (κ2) is 6.58. The van der Waals surface area contributed by atoms with Crippen molar-refractivity contribution in [3.8, 4) is 0 Å². The SMILES string of the molecule is COC(=O)C1N(C(=O)OC(C)(C)C)CC(=O)N(CCCO)C12CC2. The summed E-state index contributed by atoms with van der Waals surface area (Å²) in [7, 11) is 1.26. The lowest BCUT2D eigenvalue weighted by atomic mass is 9.98. The molecule has 0 bridgehead atoms. The van der Waals surface area contributed by atoms with E-state index in [9.17, 15) is 14.4 Å². The van der Waals surface area contributed by atoms with Gasteiger partial charge in [0.1, 0.15) is 12.1 Å². The molecule has 1 aliphatic heterocycles. The summed E-state index contributed by atoms with van der Waals surface area (Å²) in [6.07, 6.45) is 0.958. The molecule has 2 aliphatic rings. The molecule has 8 heteroatoms. The minimum Gasteiger partial charge on any atom is -0.467 e. The highest BCUT2D eigenvalue weighted by Gasteiger charge is 2.64. The van der Waals surface area contributed by atoms with Crippen LogP contribution in [0.5, 0.6) is 0 Å². The van der Waals surface area contributed by atoms with Gasteiger partial charge in [0.15, 0.2) is 6.04 Å². The van der Waals surface area contributed by atoms with Crippen LogP contribution >= 0.6 is 0 Å². The van der Waals surface area contributed by atoms with Crippen molar-refractivity contribution in [2.24, 2.45) is 0 Å². The van der Waals surface area contributed by atoms with Crippen molar-refractivity contribution < 1.29 is 29.0 Å². The number of ether oxygens (including phenoxy) is 2. The second-order valence-corrected chi connectivity index (χ2v) is 7.26. The minimum absolute atomic E-state index is 0.0431. The van der Waals surface area contributed by atoms with Gasteiger partial charge < -0.3 is 19.5 Å². The summed E-state index contributed by atoms with van der Waals surface area (Å²) in [6.45, 7) is 5.25. The van der Waals surface area contributed by atoms with Gasteiger partial charge in [-0.1, -0.05) is 0 Å². The lowest BCUT2D eigenvalue weighted by molar-refractivity contribution is -0.160. The number of esters is 1. The first kappa shape index (κ1) is 18.5. The fourth-order valence-electron chi connectivity index (χ4n) is 3.20. The average molecular weight is 342 g/mol. The summed E-state index contributed by atoms with van der Waals surface area (Å²) in [5.41, 5.74) is -1.47.